The Morgan fingerprint density at radius 3 is 2.50 bits per heavy atom. The number of nitrogens with zero attached hydrogens (tertiary/aromatic N) is 1. The highest BCUT2D eigenvalue weighted by atomic mass is 35.5. The molecule has 0 saturated heterocycles. The van der Waals surface area contributed by atoms with Gasteiger partial charge in [0.25, 0.3) is 10.1 Å². The van der Waals surface area contributed by atoms with E-state index in [1.807, 2.05) is 0 Å². The van der Waals surface area contributed by atoms with Gasteiger partial charge in [0.05, 0.1) is 16.0 Å². The van der Waals surface area contributed by atoms with E-state index in [4.69, 9.17) is 33.5 Å². The number of rotatable bonds is 3. The van der Waals surface area contributed by atoms with Crippen LogP contribution in [-0.4, -0.2) is 23.9 Å². The van der Waals surface area contributed by atoms with Crippen LogP contribution in [0.5, 0.6) is 0 Å². The first-order chi connectivity index (χ1) is 10.2. The van der Waals surface area contributed by atoms with Gasteiger partial charge in [0.2, 0.25) is 5.91 Å². The first kappa shape index (κ1) is 18.6. The van der Waals surface area contributed by atoms with Crippen molar-refractivity contribution in [1.82, 2.24) is 4.98 Å². The maximum Gasteiger partial charge on any atom is 0.287 e. The SMILES string of the molecule is NC(=O)c1ccc(Cl)cc1Cl.O=S(=O)(O)/C=C/c1nccs1. The molecule has 0 bridgehead atoms. The summed E-state index contributed by atoms with van der Waals surface area (Å²) in [4.78, 5) is 14.4. The van der Waals surface area contributed by atoms with Crippen LogP contribution in [0, 0.1) is 0 Å². The molecule has 6 nitrogen and oxygen atoms in total. The summed E-state index contributed by atoms with van der Waals surface area (Å²) in [5.74, 6) is -0.549. The van der Waals surface area contributed by atoms with Crippen molar-refractivity contribution in [3.63, 3.8) is 0 Å². The summed E-state index contributed by atoms with van der Waals surface area (Å²) in [5.41, 5.74) is 5.29. The number of benzene rings is 1. The monoisotopic (exact) mass is 380 g/mol. The van der Waals surface area contributed by atoms with E-state index in [0.29, 0.717) is 15.4 Å². The molecule has 1 heterocycles. The fourth-order valence-electron chi connectivity index (χ4n) is 1.15. The minimum Gasteiger partial charge on any atom is -0.366 e. The van der Waals surface area contributed by atoms with Crippen LogP contribution in [-0.2, 0) is 10.1 Å². The molecule has 0 spiro atoms. The maximum atomic E-state index is 10.6. The van der Waals surface area contributed by atoms with E-state index >= 15 is 0 Å². The molecule has 0 radical (unpaired) electrons. The number of nitrogens with two attached hydrogens (primary N) is 1. The molecule has 2 aromatic rings. The van der Waals surface area contributed by atoms with Gasteiger partial charge in [-0.05, 0) is 24.3 Å². The van der Waals surface area contributed by atoms with Crippen LogP contribution in [0.15, 0.2) is 35.2 Å². The van der Waals surface area contributed by atoms with Crippen molar-refractivity contribution in [2.45, 2.75) is 0 Å². The lowest BCUT2D eigenvalue weighted by Gasteiger charge is -1.97. The average Bonchev–Trinajstić information content (AvgIpc) is 2.89. The zero-order valence-corrected chi connectivity index (χ0v) is 14.0. The van der Waals surface area contributed by atoms with Crippen LogP contribution in [0.1, 0.15) is 15.4 Å². The highest BCUT2D eigenvalue weighted by Gasteiger charge is 2.05. The summed E-state index contributed by atoms with van der Waals surface area (Å²) in [6.45, 7) is 0. The summed E-state index contributed by atoms with van der Waals surface area (Å²) >= 11 is 12.5. The van der Waals surface area contributed by atoms with Gasteiger partial charge in [0.15, 0.2) is 0 Å². The largest absolute Gasteiger partial charge is 0.366 e. The Labute approximate surface area is 140 Å². The van der Waals surface area contributed by atoms with Gasteiger partial charge in [0.1, 0.15) is 5.01 Å². The zero-order chi connectivity index (χ0) is 16.8. The Kier molecular flexibility index (Phi) is 6.98. The molecule has 1 aromatic carbocycles. The Morgan fingerprint density at radius 2 is 2.05 bits per heavy atom. The molecule has 2 rings (SSSR count). The quantitative estimate of drug-likeness (QED) is 0.794. The van der Waals surface area contributed by atoms with Crippen LogP contribution in [0.3, 0.4) is 0 Å². The third-order valence-corrected chi connectivity index (χ3v) is 3.80. The van der Waals surface area contributed by atoms with Gasteiger partial charge < -0.3 is 5.73 Å². The number of aromatic nitrogens is 1. The van der Waals surface area contributed by atoms with Crippen LogP contribution in [0.4, 0.5) is 0 Å². The molecule has 10 heteroatoms. The lowest BCUT2D eigenvalue weighted by atomic mass is 10.2. The predicted molar refractivity (Wildman–Crippen MR) is 87.7 cm³/mol. The maximum absolute atomic E-state index is 10.6. The van der Waals surface area contributed by atoms with E-state index in [9.17, 15) is 13.2 Å². The number of hydrogen-bond acceptors (Lipinski definition) is 5. The second kappa shape index (κ2) is 8.25. The average molecular weight is 381 g/mol. The van der Waals surface area contributed by atoms with E-state index in [0.717, 1.165) is 0 Å². The number of hydrogen-bond donors (Lipinski definition) is 2. The zero-order valence-electron chi connectivity index (χ0n) is 10.8. The van der Waals surface area contributed by atoms with Gasteiger partial charge in [-0.2, -0.15) is 8.42 Å². The summed E-state index contributed by atoms with van der Waals surface area (Å²) in [7, 11) is -4.01. The van der Waals surface area contributed by atoms with Crippen LogP contribution >= 0.6 is 34.5 Å². The molecule has 1 aromatic heterocycles. The fourth-order valence-corrected chi connectivity index (χ4v) is 2.57. The minimum atomic E-state index is -4.01. The van der Waals surface area contributed by atoms with Gasteiger partial charge in [0, 0.05) is 16.6 Å². The second-order valence-electron chi connectivity index (χ2n) is 3.68. The molecule has 0 aliphatic rings. The van der Waals surface area contributed by atoms with E-state index < -0.39 is 16.0 Å². The Morgan fingerprint density at radius 1 is 1.36 bits per heavy atom. The standard InChI is InChI=1S/C7H5Cl2NO.C5H5NO3S2/c8-4-1-2-5(7(10)11)6(9)3-4;7-11(8,9)4-1-5-6-2-3-10-5/h1-3H,(H2,10,11);1-4H,(H,7,8,9)/b;4-1+. The van der Waals surface area contributed by atoms with Gasteiger partial charge >= 0.3 is 0 Å². The van der Waals surface area contributed by atoms with E-state index in [2.05, 4.69) is 4.98 Å². The van der Waals surface area contributed by atoms with Gasteiger partial charge in [-0.15, -0.1) is 11.3 Å². The molecule has 3 N–H and O–H groups in total. The van der Waals surface area contributed by atoms with Crippen LogP contribution in [0.25, 0.3) is 6.08 Å². The minimum absolute atomic E-state index is 0.282. The fraction of sp³-hybridized carbons (Fsp3) is 0. The lowest BCUT2D eigenvalue weighted by Crippen LogP contribution is -2.11. The van der Waals surface area contributed by atoms with E-state index in [1.165, 1.54) is 29.5 Å². The number of primary amides is 1. The molecule has 0 atom stereocenters. The highest BCUT2D eigenvalue weighted by Crippen LogP contribution is 2.20. The van der Waals surface area contributed by atoms with E-state index in [-0.39, 0.29) is 10.6 Å². The summed E-state index contributed by atoms with van der Waals surface area (Å²) in [5, 5.41) is 3.72. The third kappa shape index (κ3) is 7.01. The molecule has 22 heavy (non-hydrogen) atoms. The molecule has 0 fully saturated rings. The van der Waals surface area contributed by atoms with Crippen molar-refractivity contribution in [2.75, 3.05) is 0 Å². The summed E-state index contributed by atoms with van der Waals surface area (Å²) in [6.07, 6.45) is 2.79. The molecule has 0 aliphatic carbocycles. The molecule has 1 amide bonds. The van der Waals surface area contributed by atoms with Crippen molar-refractivity contribution in [1.29, 1.82) is 0 Å². The normalized spacial score (nSPS) is 11.0. The first-order valence-electron chi connectivity index (χ1n) is 5.49. The Balaban J connectivity index is 0.000000220. The van der Waals surface area contributed by atoms with Crippen molar-refractivity contribution >= 4 is 56.6 Å². The van der Waals surface area contributed by atoms with E-state index in [1.54, 1.807) is 17.6 Å². The molecule has 118 valence electrons. The number of halogens is 2. The van der Waals surface area contributed by atoms with Gasteiger partial charge in [-0.25, -0.2) is 4.98 Å². The van der Waals surface area contributed by atoms with Crippen molar-refractivity contribution in [3.8, 4) is 0 Å². The predicted octanol–water partition coefficient (Wildman–Crippen LogP) is 3.09. The van der Waals surface area contributed by atoms with Crippen molar-refractivity contribution < 1.29 is 17.8 Å². The smallest absolute Gasteiger partial charge is 0.287 e. The molecular weight excluding hydrogens is 371 g/mol. The number of thiazole rings is 1. The molecule has 0 unspecified atom stereocenters. The third-order valence-electron chi connectivity index (χ3n) is 2.03. The topological polar surface area (TPSA) is 110 Å². The van der Waals surface area contributed by atoms with Crippen molar-refractivity contribution in [3.05, 3.63) is 55.8 Å². The summed E-state index contributed by atoms with van der Waals surface area (Å²) in [6, 6.07) is 4.53. The Bertz CT molecular complexity index is 774. The molecule has 0 saturated carbocycles. The highest BCUT2D eigenvalue weighted by molar-refractivity contribution is 7.88. The summed E-state index contributed by atoms with van der Waals surface area (Å²) < 4.78 is 28.6. The van der Waals surface area contributed by atoms with Crippen LogP contribution in [0.2, 0.25) is 10.0 Å². The van der Waals surface area contributed by atoms with Crippen molar-refractivity contribution in [2.24, 2.45) is 5.73 Å². The first-order valence-corrected chi connectivity index (χ1v) is 8.63. The number of carbonyl (C=O) groups excluding carboxylic acids is 1. The number of amides is 1. The Hall–Kier alpha value is -1.45. The van der Waals surface area contributed by atoms with Gasteiger partial charge in [-0.1, -0.05) is 23.2 Å². The van der Waals surface area contributed by atoms with Crippen LogP contribution < -0.4 is 5.73 Å². The number of carbonyl (C=O) groups is 1. The lowest BCUT2D eigenvalue weighted by molar-refractivity contribution is 0.100. The van der Waals surface area contributed by atoms with Gasteiger partial charge in [-0.3, -0.25) is 9.35 Å². The second-order valence-corrected chi connectivity index (χ2v) is 6.75. The molecular formula is C12H10Cl2N2O4S2. The molecule has 0 aliphatic heterocycles.